The van der Waals surface area contributed by atoms with E-state index in [1.807, 2.05) is 4.57 Å². The zero-order valence-corrected chi connectivity index (χ0v) is 10.4. The average molecular weight is 232 g/mol. The summed E-state index contributed by atoms with van der Waals surface area (Å²) in [5.41, 5.74) is 7.47. The molecule has 0 aliphatic carbocycles. The lowest BCUT2D eigenvalue weighted by atomic mass is 10.2. The lowest BCUT2D eigenvalue weighted by molar-refractivity contribution is 0.699. The van der Waals surface area contributed by atoms with E-state index in [-0.39, 0.29) is 0 Å². The fraction of sp³-hybridized carbons (Fsp3) is 0.615. The Morgan fingerprint density at radius 1 is 1.29 bits per heavy atom. The second-order valence-electron chi connectivity index (χ2n) is 4.57. The van der Waals surface area contributed by atoms with Gasteiger partial charge in [-0.1, -0.05) is 12.8 Å². The van der Waals surface area contributed by atoms with Gasteiger partial charge in [0.2, 0.25) is 0 Å². The first kappa shape index (κ1) is 11.8. The van der Waals surface area contributed by atoms with E-state index in [9.17, 15) is 0 Å². The van der Waals surface area contributed by atoms with Gasteiger partial charge in [0.15, 0.2) is 0 Å². The lowest BCUT2D eigenvalue weighted by Crippen LogP contribution is -2.27. The fourth-order valence-corrected chi connectivity index (χ4v) is 2.61. The van der Waals surface area contributed by atoms with Gasteiger partial charge in [-0.25, -0.2) is 0 Å². The molecule has 2 rings (SSSR count). The third-order valence-corrected chi connectivity index (χ3v) is 3.43. The van der Waals surface area contributed by atoms with E-state index in [0.29, 0.717) is 5.69 Å². The molecule has 1 aliphatic rings. The van der Waals surface area contributed by atoms with Crippen LogP contribution in [0, 0.1) is 11.3 Å². The number of nitriles is 1. The Labute approximate surface area is 103 Å². The van der Waals surface area contributed by atoms with Gasteiger partial charge in [-0.15, -0.1) is 0 Å². The first-order valence-corrected chi connectivity index (χ1v) is 6.42. The van der Waals surface area contributed by atoms with Gasteiger partial charge in [0.1, 0.15) is 17.6 Å². The van der Waals surface area contributed by atoms with Crippen molar-refractivity contribution in [3.8, 4) is 6.07 Å². The molecule has 92 valence electrons. The van der Waals surface area contributed by atoms with Crippen molar-refractivity contribution < 1.29 is 0 Å². The van der Waals surface area contributed by atoms with E-state index >= 15 is 0 Å². The molecule has 0 saturated carbocycles. The molecule has 1 saturated heterocycles. The van der Waals surface area contributed by atoms with Crippen LogP contribution >= 0.6 is 0 Å². The SMILES string of the molecule is CCn1c(C#N)cc(N)c1N1CCCCCC1. The van der Waals surface area contributed by atoms with Crippen LogP contribution in [0.5, 0.6) is 0 Å². The Hall–Kier alpha value is -1.63. The first-order chi connectivity index (χ1) is 8.27. The molecule has 1 fully saturated rings. The minimum Gasteiger partial charge on any atom is -0.396 e. The van der Waals surface area contributed by atoms with E-state index in [1.165, 1.54) is 25.7 Å². The van der Waals surface area contributed by atoms with E-state index in [2.05, 4.69) is 17.9 Å². The molecule has 1 aromatic heterocycles. The maximum Gasteiger partial charge on any atom is 0.133 e. The second-order valence-corrected chi connectivity index (χ2v) is 4.57. The molecule has 0 bridgehead atoms. The summed E-state index contributed by atoms with van der Waals surface area (Å²) in [4.78, 5) is 2.34. The van der Waals surface area contributed by atoms with Crippen molar-refractivity contribution in [2.75, 3.05) is 23.7 Å². The zero-order valence-electron chi connectivity index (χ0n) is 10.4. The zero-order chi connectivity index (χ0) is 12.3. The number of nitrogen functional groups attached to an aromatic ring is 1. The second kappa shape index (κ2) is 5.13. The molecular weight excluding hydrogens is 212 g/mol. The number of rotatable bonds is 2. The van der Waals surface area contributed by atoms with Crippen LogP contribution in [0.2, 0.25) is 0 Å². The fourth-order valence-electron chi connectivity index (χ4n) is 2.61. The standard InChI is InChI=1S/C13H20N4/c1-2-17-11(10-14)9-12(15)13(17)16-7-5-3-4-6-8-16/h9H,2-8,15H2,1H3. The van der Waals surface area contributed by atoms with E-state index in [0.717, 1.165) is 31.1 Å². The van der Waals surface area contributed by atoms with Gasteiger partial charge in [-0.3, -0.25) is 0 Å². The molecule has 4 nitrogen and oxygen atoms in total. The van der Waals surface area contributed by atoms with E-state index in [1.54, 1.807) is 6.07 Å². The maximum atomic E-state index is 9.10. The van der Waals surface area contributed by atoms with Crippen molar-refractivity contribution in [2.45, 2.75) is 39.2 Å². The molecule has 0 spiro atoms. The van der Waals surface area contributed by atoms with Crippen LogP contribution in [-0.2, 0) is 6.54 Å². The third-order valence-electron chi connectivity index (χ3n) is 3.43. The predicted octanol–water partition coefficient (Wildman–Crippen LogP) is 2.34. The van der Waals surface area contributed by atoms with Gasteiger partial charge in [0.25, 0.3) is 0 Å². The molecule has 1 aromatic rings. The number of nitrogens with zero attached hydrogens (tertiary/aromatic N) is 3. The summed E-state index contributed by atoms with van der Waals surface area (Å²) in [5.74, 6) is 1.05. The molecule has 17 heavy (non-hydrogen) atoms. The Balaban J connectivity index is 2.36. The van der Waals surface area contributed by atoms with Gasteiger partial charge < -0.3 is 15.2 Å². The van der Waals surface area contributed by atoms with Crippen LogP contribution in [0.3, 0.4) is 0 Å². The Kier molecular flexibility index (Phi) is 3.58. The van der Waals surface area contributed by atoms with Gasteiger partial charge in [-0.05, 0) is 25.8 Å². The molecule has 0 aromatic carbocycles. The Bertz CT molecular complexity index is 419. The summed E-state index contributed by atoms with van der Waals surface area (Å²) in [5, 5.41) is 9.10. The summed E-state index contributed by atoms with van der Waals surface area (Å²) >= 11 is 0. The van der Waals surface area contributed by atoms with Crippen molar-refractivity contribution in [1.29, 1.82) is 5.26 Å². The van der Waals surface area contributed by atoms with E-state index in [4.69, 9.17) is 11.0 Å². The van der Waals surface area contributed by atoms with Crippen LogP contribution in [0.4, 0.5) is 11.5 Å². The molecule has 4 heteroatoms. The van der Waals surface area contributed by atoms with Gasteiger partial charge in [-0.2, -0.15) is 5.26 Å². The van der Waals surface area contributed by atoms with Crippen LogP contribution in [0.25, 0.3) is 0 Å². The number of hydrogen-bond acceptors (Lipinski definition) is 3. The average Bonchev–Trinajstić information content (AvgIpc) is 2.54. The van der Waals surface area contributed by atoms with Crippen molar-refractivity contribution in [1.82, 2.24) is 4.57 Å². The summed E-state index contributed by atoms with van der Waals surface area (Å²) in [7, 11) is 0. The smallest absolute Gasteiger partial charge is 0.133 e. The minimum atomic E-state index is 0.671. The molecule has 0 radical (unpaired) electrons. The summed E-state index contributed by atoms with van der Waals surface area (Å²) in [6, 6.07) is 4.01. The predicted molar refractivity (Wildman–Crippen MR) is 69.9 cm³/mol. The quantitative estimate of drug-likeness (QED) is 0.851. The monoisotopic (exact) mass is 232 g/mol. The van der Waals surface area contributed by atoms with Crippen molar-refractivity contribution >= 4 is 11.5 Å². The van der Waals surface area contributed by atoms with Crippen molar-refractivity contribution in [3.63, 3.8) is 0 Å². The topological polar surface area (TPSA) is 58.0 Å². The highest BCUT2D eigenvalue weighted by Crippen LogP contribution is 2.29. The molecule has 2 heterocycles. The third kappa shape index (κ3) is 2.23. The largest absolute Gasteiger partial charge is 0.396 e. The molecule has 0 atom stereocenters. The van der Waals surface area contributed by atoms with Crippen LogP contribution in [0.1, 0.15) is 38.3 Å². The molecule has 0 amide bonds. The highest BCUT2D eigenvalue weighted by Gasteiger charge is 2.19. The number of aromatic nitrogens is 1. The Morgan fingerprint density at radius 3 is 2.47 bits per heavy atom. The number of nitrogens with two attached hydrogens (primary N) is 1. The van der Waals surface area contributed by atoms with Gasteiger partial charge in [0.05, 0.1) is 5.69 Å². The molecule has 2 N–H and O–H groups in total. The highest BCUT2D eigenvalue weighted by molar-refractivity contribution is 5.68. The van der Waals surface area contributed by atoms with Crippen LogP contribution in [-0.4, -0.2) is 17.7 Å². The summed E-state index contributed by atoms with van der Waals surface area (Å²) in [6.45, 7) is 4.96. The molecule has 1 aliphatic heterocycles. The number of anilines is 2. The Morgan fingerprint density at radius 2 is 1.94 bits per heavy atom. The molecule has 0 unspecified atom stereocenters. The van der Waals surface area contributed by atoms with E-state index < -0.39 is 0 Å². The number of hydrogen-bond donors (Lipinski definition) is 1. The van der Waals surface area contributed by atoms with Crippen molar-refractivity contribution in [3.05, 3.63) is 11.8 Å². The first-order valence-electron chi connectivity index (χ1n) is 6.42. The maximum absolute atomic E-state index is 9.10. The van der Waals surface area contributed by atoms with Crippen LogP contribution < -0.4 is 10.6 Å². The normalized spacial score (nSPS) is 16.6. The van der Waals surface area contributed by atoms with Crippen molar-refractivity contribution in [2.24, 2.45) is 0 Å². The summed E-state index contributed by atoms with van der Waals surface area (Å²) in [6.07, 6.45) is 5.04. The lowest BCUT2D eigenvalue weighted by Gasteiger charge is -2.25. The summed E-state index contributed by atoms with van der Waals surface area (Å²) < 4.78 is 2.03. The highest BCUT2D eigenvalue weighted by atomic mass is 15.3. The molecular formula is C13H20N4. The minimum absolute atomic E-state index is 0.671. The van der Waals surface area contributed by atoms with Gasteiger partial charge >= 0.3 is 0 Å². The van der Waals surface area contributed by atoms with Crippen LogP contribution in [0.15, 0.2) is 6.07 Å². The van der Waals surface area contributed by atoms with Gasteiger partial charge in [0, 0.05) is 19.6 Å².